The van der Waals surface area contributed by atoms with Crippen LogP contribution in [0, 0.1) is 5.92 Å². The quantitative estimate of drug-likeness (QED) is 0.504. The fourth-order valence-electron chi connectivity index (χ4n) is 3.54. The summed E-state index contributed by atoms with van der Waals surface area (Å²) in [4.78, 5) is 0. The summed E-state index contributed by atoms with van der Waals surface area (Å²) in [5, 5.41) is 32.0. The number of hydrogen-bond acceptors (Lipinski definition) is 3. The minimum atomic E-state index is -2.43. The van der Waals surface area contributed by atoms with Crippen LogP contribution in [0.1, 0.15) is 82.2 Å². The second-order valence-corrected chi connectivity index (χ2v) is 7.35. The zero-order chi connectivity index (χ0) is 21.3. The molecule has 3 N–H and O–H groups in total. The van der Waals surface area contributed by atoms with Gasteiger partial charge < -0.3 is 15.3 Å². The predicted molar refractivity (Wildman–Crippen MR) is 98.5 cm³/mol. The molecular weight excluding hydrogens is 300 g/mol. The van der Waals surface area contributed by atoms with Crippen LogP contribution in [0.5, 0.6) is 11.5 Å². The maximum absolute atomic E-state index is 10.7. The normalized spacial score (nSPS) is 27.7. The Balaban J connectivity index is 2.52. The Bertz CT molecular complexity index is 696. The van der Waals surface area contributed by atoms with Crippen molar-refractivity contribution in [3.8, 4) is 11.5 Å². The van der Waals surface area contributed by atoms with Gasteiger partial charge in [0.15, 0.2) is 0 Å². The van der Waals surface area contributed by atoms with Crippen LogP contribution >= 0.6 is 0 Å². The van der Waals surface area contributed by atoms with Gasteiger partial charge in [0.2, 0.25) is 0 Å². The van der Waals surface area contributed by atoms with E-state index in [1.807, 2.05) is 0 Å². The Morgan fingerprint density at radius 2 is 1.92 bits per heavy atom. The molecule has 1 aliphatic carbocycles. The predicted octanol–water partition coefficient (Wildman–Crippen LogP) is 5.04. The standard InChI is InChI=1S/C21H32O3/c1-5-6-7-8-15-12-18(22)20(19(23)13-15)16-11-14(2)9-10-17(16)21(3,4)24/h11-13,16-17,22-24H,5-10H2,1-4H3/i2D3,9D. The van der Waals surface area contributed by atoms with E-state index in [0.29, 0.717) is 0 Å². The van der Waals surface area contributed by atoms with Gasteiger partial charge in [-0.2, -0.15) is 0 Å². The summed E-state index contributed by atoms with van der Waals surface area (Å²) in [5.41, 5.74) is -0.176. The van der Waals surface area contributed by atoms with Gasteiger partial charge in [-0.05, 0) is 70.0 Å². The van der Waals surface area contributed by atoms with E-state index in [0.717, 1.165) is 31.2 Å². The fourth-order valence-corrected chi connectivity index (χ4v) is 3.54. The lowest BCUT2D eigenvalue weighted by molar-refractivity contribution is 0.00421. The van der Waals surface area contributed by atoms with Crippen LogP contribution in [0.4, 0.5) is 0 Å². The molecule has 3 atom stereocenters. The van der Waals surface area contributed by atoms with Crippen molar-refractivity contribution in [1.82, 2.24) is 0 Å². The van der Waals surface area contributed by atoms with Gasteiger partial charge in [-0.25, -0.2) is 0 Å². The highest BCUT2D eigenvalue weighted by atomic mass is 16.3. The molecule has 0 heterocycles. The van der Waals surface area contributed by atoms with Gasteiger partial charge in [0.1, 0.15) is 11.5 Å². The van der Waals surface area contributed by atoms with Crippen molar-refractivity contribution >= 4 is 0 Å². The molecular formula is C21H32O3. The largest absolute Gasteiger partial charge is 0.507 e. The Hall–Kier alpha value is -1.48. The minimum absolute atomic E-state index is 0.0103. The van der Waals surface area contributed by atoms with Crippen molar-refractivity contribution in [2.24, 2.45) is 5.92 Å². The Labute approximate surface area is 151 Å². The molecule has 0 spiro atoms. The topological polar surface area (TPSA) is 60.7 Å². The summed E-state index contributed by atoms with van der Waals surface area (Å²) in [7, 11) is 0. The number of aromatic hydroxyl groups is 2. The van der Waals surface area contributed by atoms with Crippen molar-refractivity contribution in [2.75, 3.05) is 0 Å². The second-order valence-electron chi connectivity index (χ2n) is 7.35. The Kier molecular flexibility index (Phi) is 4.36. The zero-order valence-electron chi connectivity index (χ0n) is 18.8. The molecule has 0 bridgehead atoms. The molecule has 1 aromatic carbocycles. The molecule has 0 aliphatic heterocycles. The lowest BCUT2D eigenvalue weighted by atomic mass is 9.69. The van der Waals surface area contributed by atoms with E-state index in [1.165, 1.54) is 6.08 Å². The number of unbranched alkanes of at least 4 members (excludes halogenated alkanes) is 2. The van der Waals surface area contributed by atoms with Crippen LogP contribution in [0.25, 0.3) is 0 Å². The number of hydrogen-bond donors (Lipinski definition) is 3. The fraction of sp³-hybridized carbons (Fsp3) is 0.619. The summed E-state index contributed by atoms with van der Waals surface area (Å²) in [6, 6.07) is 3.23. The summed E-state index contributed by atoms with van der Waals surface area (Å²) in [5.74, 6) is -1.41. The van der Waals surface area contributed by atoms with Crippen molar-refractivity contribution in [3.63, 3.8) is 0 Å². The Morgan fingerprint density at radius 1 is 1.25 bits per heavy atom. The monoisotopic (exact) mass is 336 g/mol. The van der Waals surface area contributed by atoms with Crippen molar-refractivity contribution < 1.29 is 20.8 Å². The third kappa shape index (κ3) is 4.32. The number of benzene rings is 1. The molecule has 0 fully saturated rings. The van der Waals surface area contributed by atoms with Gasteiger partial charge >= 0.3 is 0 Å². The second kappa shape index (κ2) is 7.60. The van der Waals surface area contributed by atoms with Crippen molar-refractivity contribution in [1.29, 1.82) is 0 Å². The molecule has 1 aromatic rings. The average molecular weight is 337 g/mol. The van der Waals surface area contributed by atoms with Gasteiger partial charge in [-0.3, -0.25) is 0 Å². The molecule has 3 nitrogen and oxygen atoms in total. The average Bonchev–Trinajstić information content (AvgIpc) is 2.53. The van der Waals surface area contributed by atoms with Gasteiger partial charge in [0.05, 0.1) is 5.60 Å². The van der Waals surface area contributed by atoms with E-state index in [9.17, 15) is 15.3 Å². The van der Waals surface area contributed by atoms with E-state index >= 15 is 0 Å². The number of phenols is 2. The van der Waals surface area contributed by atoms with Crippen molar-refractivity contribution in [3.05, 3.63) is 34.9 Å². The molecule has 3 heteroatoms. The molecule has 0 radical (unpaired) electrons. The summed E-state index contributed by atoms with van der Waals surface area (Å²) in [6.45, 7) is 2.89. The molecule has 2 rings (SSSR count). The molecule has 0 saturated heterocycles. The molecule has 0 aromatic heterocycles. The van der Waals surface area contributed by atoms with E-state index in [4.69, 9.17) is 5.48 Å². The molecule has 3 unspecified atom stereocenters. The third-order valence-corrected chi connectivity index (χ3v) is 4.89. The first-order valence-corrected chi connectivity index (χ1v) is 8.77. The summed E-state index contributed by atoms with van der Waals surface area (Å²) in [6.07, 6.45) is 4.44. The van der Waals surface area contributed by atoms with Crippen LogP contribution in [-0.4, -0.2) is 20.9 Å². The Morgan fingerprint density at radius 3 is 2.46 bits per heavy atom. The van der Waals surface area contributed by atoms with Crippen LogP contribution in [-0.2, 0) is 6.42 Å². The van der Waals surface area contributed by atoms with Gasteiger partial charge in [0.25, 0.3) is 0 Å². The first kappa shape index (κ1) is 13.8. The van der Waals surface area contributed by atoms with Crippen LogP contribution in [0.15, 0.2) is 23.8 Å². The minimum Gasteiger partial charge on any atom is -0.507 e. The molecule has 0 saturated carbocycles. The number of phenolic OH excluding ortho intramolecular Hbond substituents is 2. The maximum Gasteiger partial charge on any atom is 0.123 e. The number of allylic oxidation sites excluding steroid dienone is 2. The highest BCUT2D eigenvalue weighted by Crippen LogP contribution is 2.47. The van der Waals surface area contributed by atoms with E-state index in [2.05, 4.69) is 6.92 Å². The van der Waals surface area contributed by atoms with Crippen LogP contribution in [0.3, 0.4) is 0 Å². The van der Waals surface area contributed by atoms with E-state index in [-0.39, 0.29) is 29.1 Å². The number of aryl methyl sites for hydroxylation is 1. The lowest BCUT2D eigenvalue weighted by Crippen LogP contribution is -2.36. The summed E-state index contributed by atoms with van der Waals surface area (Å²) >= 11 is 0. The van der Waals surface area contributed by atoms with E-state index in [1.54, 1.807) is 26.0 Å². The van der Waals surface area contributed by atoms with Gasteiger partial charge in [0, 0.05) is 17.0 Å². The molecule has 0 amide bonds. The smallest absolute Gasteiger partial charge is 0.123 e. The first-order chi connectivity index (χ1) is 12.9. The number of rotatable bonds is 6. The highest BCUT2D eigenvalue weighted by molar-refractivity contribution is 5.51. The van der Waals surface area contributed by atoms with Crippen LogP contribution in [0.2, 0.25) is 0 Å². The first-order valence-electron chi connectivity index (χ1n) is 10.9. The van der Waals surface area contributed by atoms with E-state index < -0.39 is 30.7 Å². The molecule has 1 aliphatic rings. The van der Waals surface area contributed by atoms with Crippen LogP contribution < -0.4 is 0 Å². The molecule has 24 heavy (non-hydrogen) atoms. The SMILES string of the molecule is [2H]C1CC(C(C)(C)O)C(c2c(O)cc(CCCCC)cc2O)C=C1C([2H])([2H])[2H]. The summed E-state index contributed by atoms with van der Waals surface area (Å²) < 4.78 is 31.4. The lowest BCUT2D eigenvalue weighted by Gasteiger charge is -2.38. The third-order valence-electron chi connectivity index (χ3n) is 4.89. The molecule has 134 valence electrons. The highest BCUT2D eigenvalue weighted by Gasteiger charge is 2.38. The number of aliphatic hydroxyl groups is 1. The van der Waals surface area contributed by atoms with Crippen molar-refractivity contribution in [2.45, 2.75) is 77.6 Å². The zero-order valence-corrected chi connectivity index (χ0v) is 14.8. The maximum atomic E-state index is 10.7. The van der Waals surface area contributed by atoms with Gasteiger partial charge in [-0.15, -0.1) is 0 Å². The van der Waals surface area contributed by atoms with Gasteiger partial charge in [-0.1, -0.05) is 31.4 Å².